The molecule has 3 fully saturated rings. The van der Waals surface area contributed by atoms with Gasteiger partial charge in [0.25, 0.3) is 0 Å². The minimum atomic E-state index is -1.04. The average Bonchev–Trinajstić information content (AvgIpc) is 2.93. The lowest BCUT2D eigenvalue weighted by atomic mass is 9.57. The smallest absolute Gasteiger partial charge is 0.303 e. The fourth-order valence-corrected chi connectivity index (χ4v) is 6.03. The van der Waals surface area contributed by atoms with E-state index in [2.05, 4.69) is 20.4 Å². The predicted octanol–water partition coefficient (Wildman–Crippen LogP) is 3.23. The van der Waals surface area contributed by atoms with Crippen molar-refractivity contribution in [3.8, 4) is 0 Å². The second-order valence-electron chi connectivity index (χ2n) is 9.83. The molecule has 5 nitrogen and oxygen atoms in total. The largest absolute Gasteiger partial charge is 0.459 e. The van der Waals surface area contributed by atoms with E-state index in [1.54, 1.807) is 0 Å². The van der Waals surface area contributed by atoms with Gasteiger partial charge in [0.2, 0.25) is 0 Å². The number of carbonyl (C=O) groups excluding carboxylic acids is 1. The van der Waals surface area contributed by atoms with Crippen molar-refractivity contribution in [1.29, 1.82) is 0 Å². The summed E-state index contributed by atoms with van der Waals surface area (Å²) in [6.07, 6.45) is 2.06. The summed E-state index contributed by atoms with van der Waals surface area (Å²) < 4.78 is 12.4. The van der Waals surface area contributed by atoms with Crippen LogP contribution in [0.4, 0.5) is 0 Å². The molecule has 0 aromatic carbocycles. The van der Waals surface area contributed by atoms with E-state index in [-0.39, 0.29) is 30.0 Å². The van der Waals surface area contributed by atoms with Crippen LogP contribution in [0.25, 0.3) is 0 Å². The van der Waals surface area contributed by atoms with Crippen molar-refractivity contribution < 1.29 is 24.5 Å². The van der Waals surface area contributed by atoms with Gasteiger partial charge in [-0.2, -0.15) is 0 Å². The van der Waals surface area contributed by atoms with Crippen molar-refractivity contribution in [3.05, 3.63) is 12.2 Å². The zero-order chi connectivity index (χ0) is 20.1. The van der Waals surface area contributed by atoms with Gasteiger partial charge in [0.05, 0.1) is 23.9 Å². The molecular formula is C22H36O5. The van der Waals surface area contributed by atoms with E-state index < -0.39 is 17.3 Å². The van der Waals surface area contributed by atoms with Crippen LogP contribution in [0.1, 0.15) is 66.7 Å². The Hall–Kier alpha value is -0.910. The van der Waals surface area contributed by atoms with Crippen LogP contribution in [0, 0.1) is 23.7 Å². The van der Waals surface area contributed by atoms with Crippen LogP contribution in [0.15, 0.2) is 12.2 Å². The second-order valence-corrected chi connectivity index (χ2v) is 9.83. The Morgan fingerprint density at radius 3 is 2.56 bits per heavy atom. The first kappa shape index (κ1) is 20.8. The summed E-state index contributed by atoms with van der Waals surface area (Å²) in [5.41, 5.74) is -0.916. The highest BCUT2D eigenvalue weighted by atomic mass is 16.6. The van der Waals surface area contributed by atoms with E-state index in [4.69, 9.17) is 9.47 Å². The number of ether oxygens (including phenoxy) is 2. The monoisotopic (exact) mass is 380 g/mol. The van der Waals surface area contributed by atoms with Crippen molar-refractivity contribution in [2.24, 2.45) is 23.7 Å². The van der Waals surface area contributed by atoms with Gasteiger partial charge in [-0.15, -0.1) is 0 Å². The Balaban J connectivity index is 2.07. The molecular weight excluding hydrogens is 344 g/mol. The Morgan fingerprint density at radius 1 is 1.30 bits per heavy atom. The molecule has 27 heavy (non-hydrogen) atoms. The molecule has 2 aliphatic heterocycles. The third kappa shape index (κ3) is 3.70. The topological polar surface area (TPSA) is 76.0 Å². The molecule has 1 unspecified atom stereocenters. The first-order chi connectivity index (χ1) is 12.5. The van der Waals surface area contributed by atoms with Crippen LogP contribution in [-0.4, -0.2) is 45.7 Å². The van der Waals surface area contributed by atoms with Gasteiger partial charge in [0.1, 0.15) is 5.60 Å². The molecule has 3 rings (SSSR count). The van der Waals surface area contributed by atoms with E-state index in [0.29, 0.717) is 31.1 Å². The predicted molar refractivity (Wildman–Crippen MR) is 103 cm³/mol. The summed E-state index contributed by atoms with van der Waals surface area (Å²) in [5.74, 6) is 0.681. The fraction of sp³-hybridized carbons (Fsp3) is 0.864. The molecule has 1 saturated carbocycles. The van der Waals surface area contributed by atoms with Gasteiger partial charge in [-0.3, -0.25) is 4.79 Å². The number of rotatable bonds is 2. The molecule has 5 heteroatoms. The van der Waals surface area contributed by atoms with Crippen LogP contribution >= 0.6 is 0 Å². The van der Waals surface area contributed by atoms with Gasteiger partial charge in [-0.05, 0) is 63.4 Å². The van der Waals surface area contributed by atoms with Crippen LogP contribution < -0.4 is 0 Å². The molecule has 0 radical (unpaired) electrons. The quantitative estimate of drug-likeness (QED) is 0.568. The SMILES string of the molecule is C=C1C[C@H]2O[C@H]([C@H]3[C@@H]2[C@](C)(OC(C)=O)CC[C@@H]3C(C)C)[C@](C)(O)CCC1O. The molecule has 2 bridgehead atoms. The van der Waals surface area contributed by atoms with Gasteiger partial charge >= 0.3 is 5.97 Å². The third-order valence-corrected chi connectivity index (χ3v) is 7.36. The van der Waals surface area contributed by atoms with Gasteiger partial charge in [-0.1, -0.05) is 20.4 Å². The summed E-state index contributed by atoms with van der Waals surface area (Å²) in [7, 11) is 0. The van der Waals surface area contributed by atoms with E-state index >= 15 is 0 Å². The lowest BCUT2D eigenvalue weighted by molar-refractivity contribution is -0.174. The van der Waals surface area contributed by atoms with E-state index in [1.165, 1.54) is 6.92 Å². The lowest BCUT2D eigenvalue weighted by Crippen LogP contribution is -2.55. The van der Waals surface area contributed by atoms with Gasteiger partial charge in [0, 0.05) is 18.8 Å². The molecule has 0 aromatic heterocycles. The van der Waals surface area contributed by atoms with Gasteiger partial charge in [0.15, 0.2) is 0 Å². The first-order valence-corrected chi connectivity index (χ1v) is 10.4. The summed E-state index contributed by atoms with van der Waals surface area (Å²) >= 11 is 0. The first-order valence-electron chi connectivity index (χ1n) is 10.4. The van der Waals surface area contributed by atoms with Crippen LogP contribution in [-0.2, 0) is 14.3 Å². The summed E-state index contributed by atoms with van der Waals surface area (Å²) in [6, 6.07) is 0. The molecule has 154 valence electrons. The molecule has 2 heterocycles. The average molecular weight is 381 g/mol. The van der Waals surface area contributed by atoms with E-state index in [0.717, 1.165) is 18.4 Å². The minimum absolute atomic E-state index is 0.0129. The van der Waals surface area contributed by atoms with Crippen LogP contribution in [0.2, 0.25) is 0 Å². The number of fused-ring (bicyclic) bond motifs is 5. The summed E-state index contributed by atoms with van der Waals surface area (Å²) in [4.78, 5) is 11.9. The number of aliphatic hydroxyl groups excluding tert-OH is 1. The van der Waals surface area contributed by atoms with E-state index in [9.17, 15) is 15.0 Å². The highest BCUT2D eigenvalue weighted by Crippen LogP contribution is 2.57. The molecule has 1 aliphatic carbocycles. The van der Waals surface area contributed by atoms with Crippen LogP contribution in [0.5, 0.6) is 0 Å². The molecule has 8 atom stereocenters. The molecule has 2 saturated heterocycles. The Bertz CT molecular complexity index is 598. The number of carbonyl (C=O) groups is 1. The highest BCUT2D eigenvalue weighted by Gasteiger charge is 2.63. The standard InChI is InChI=1S/C22H36O5/c1-12(2)15-7-10-22(6,27-14(4)23)19-17-11-13(3)16(24)8-9-21(5,25)20(26-17)18(15)19/h12,15-20,24-25H,3,7-11H2,1-2,4-6H3/t15-,16?,17-,18-,19-,20-,21-,22-/m1/s1. The maximum absolute atomic E-state index is 11.9. The van der Waals surface area contributed by atoms with Crippen molar-refractivity contribution in [1.82, 2.24) is 0 Å². The minimum Gasteiger partial charge on any atom is -0.459 e. The van der Waals surface area contributed by atoms with Crippen LogP contribution in [0.3, 0.4) is 0 Å². The molecule has 0 amide bonds. The number of aliphatic hydroxyl groups is 2. The summed E-state index contributed by atoms with van der Waals surface area (Å²) in [5, 5.41) is 21.7. The Morgan fingerprint density at radius 2 is 1.96 bits per heavy atom. The van der Waals surface area contributed by atoms with Gasteiger partial charge in [-0.25, -0.2) is 0 Å². The number of esters is 1. The van der Waals surface area contributed by atoms with Crippen molar-refractivity contribution in [2.75, 3.05) is 0 Å². The van der Waals surface area contributed by atoms with E-state index in [1.807, 2.05) is 13.8 Å². The summed E-state index contributed by atoms with van der Waals surface area (Å²) in [6.45, 7) is 13.8. The molecule has 2 N–H and O–H groups in total. The maximum Gasteiger partial charge on any atom is 0.303 e. The molecule has 0 spiro atoms. The fourth-order valence-electron chi connectivity index (χ4n) is 6.03. The van der Waals surface area contributed by atoms with Gasteiger partial charge < -0.3 is 19.7 Å². The van der Waals surface area contributed by atoms with Crippen molar-refractivity contribution in [3.63, 3.8) is 0 Å². The Kier molecular flexibility index (Phi) is 5.52. The van der Waals surface area contributed by atoms with Crippen molar-refractivity contribution in [2.45, 2.75) is 96.2 Å². The molecule has 3 aliphatic rings. The molecule has 0 aromatic rings. The maximum atomic E-state index is 11.9. The Labute approximate surface area is 163 Å². The lowest BCUT2D eigenvalue weighted by Gasteiger charge is -2.50. The normalized spacial score (nSPS) is 47.8. The third-order valence-electron chi connectivity index (χ3n) is 7.36. The zero-order valence-electron chi connectivity index (χ0n) is 17.4. The number of hydrogen-bond acceptors (Lipinski definition) is 5. The number of hydrogen-bond donors (Lipinski definition) is 2. The highest BCUT2D eigenvalue weighted by molar-refractivity contribution is 5.66. The zero-order valence-corrected chi connectivity index (χ0v) is 17.4. The second kappa shape index (κ2) is 7.16. The van der Waals surface area contributed by atoms with Crippen molar-refractivity contribution >= 4 is 5.97 Å².